The van der Waals surface area contributed by atoms with E-state index in [2.05, 4.69) is 10.5 Å². The Morgan fingerprint density at radius 2 is 2.24 bits per heavy atom. The van der Waals surface area contributed by atoms with Crippen LogP contribution in [0.3, 0.4) is 0 Å². The van der Waals surface area contributed by atoms with E-state index in [4.69, 9.17) is 15.4 Å². The van der Waals surface area contributed by atoms with Crippen molar-refractivity contribution in [3.05, 3.63) is 29.3 Å². The van der Waals surface area contributed by atoms with Crippen LogP contribution in [0.1, 0.15) is 16.9 Å². The van der Waals surface area contributed by atoms with Crippen molar-refractivity contribution in [3.63, 3.8) is 0 Å². The summed E-state index contributed by atoms with van der Waals surface area (Å²) in [4.78, 5) is 34.4. The largest absolute Gasteiger partial charge is 0.480 e. The van der Waals surface area contributed by atoms with E-state index in [1.54, 1.807) is 6.07 Å². The predicted molar refractivity (Wildman–Crippen MR) is 72.5 cm³/mol. The number of carbonyl (C=O) groups is 3. The Hall–Kier alpha value is -2.68. The van der Waals surface area contributed by atoms with Crippen LogP contribution in [-0.4, -0.2) is 34.1 Å². The number of carboxylic acid groups (broad SMARTS) is 1. The number of aromatic nitrogens is 1. The van der Waals surface area contributed by atoms with Gasteiger partial charge in [0.1, 0.15) is 6.04 Å². The lowest BCUT2D eigenvalue weighted by Gasteiger charge is -2.10. The van der Waals surface area contributed by atoms with Crippen molar-refractivity contribution in [2.24, 2.45) is 5.73 Å². The Morgan fingerprint density at radius 3 is 2.81 bits per heavy atom. The second-order valence-corrected chi connectivity index (χ2v) is 5.04. The van der Waals surface area contributed by atoms with Crippen molar-refractivity contribution in [3.8, 4) is 10.6 Å². The predicted octanol–water partition coefficient (Wildman–Crippen LogP) is 0.461. The molecule has 2 aromatic heterocycles. The number of primary amides is 1. The third-order valence-corrected chi connectivity index (χ3v) is 3.40. The van der Waals surface area contributed by atoms with Gasteiger partial charge in [-0.05, 0) is 11.4 Å². The van der Waals surface area contributed by atoms with Crippen LogP contribution in [0.15, 0.2) is 28.1 Å². The number of carboxylic acids is 1. The molecule has 0 spiro atoms. The van der Waals surface area contributed by atoms with Gasteiger partial charge in [0.05, 0.1) is 11.3 Å². The monoisotopic (exact) mass is 309 g/mol. The topological polar surface area (TPSA) is 136 Å². The van der Waals surface area contributed by atoms with Crippen molar-refractivity contribution in [2.45, 2.75) is 12.5 Å². The van der Waals surface area contributed by atoms with Gasteiger partial charge in [0, 0.05) is 6.07 Å². The number of nitrogens with one attached hydrogen (secondary N) is 1. The van der Waals surface area contributed by atoms with Crippen molar-refractivity contribution >= 4 is 29.1 Å². The number of amides is 2. The lowest BCUT2D eigenvalue weighted by molar-refractivity contribution is -0.140. The van der Waals surface area contributed by atoms with Crippen LogP contribution in [-0.2, 0) is 9.59 Å². The fourth-order valence-electron chi connectivity index (χ4n) is 1.55. The van der Waals surface area contributed by atoms with Gasteiger partial charge in [-0.1, -0.05) is 11.2 Å². The molecule has 4 N–H and O–H groups in total. The summed E-state index contributed by atoms with van der Waals surface area (Å²) >= 11 is 1.41. The van der Waals surface area contributed by atoms with E-state index in [-0.39, 0.29) is 5.69 Å². The Labute approximate surface area is 122 Å². The van der Waals surface area contributed by atoms with Gasteiger partial charge in [0.2, 0.25) is 5.91 Å². The van der Waals surface area contributed by atoms with Crippen LogP contribution in [0.2, 0.25) is 0 Å². The molecule has 0 saturated heterocycles. The molecule has 8 nitrogen and oxygen atoms in total. The van der Waals surface area contributed by atoms with Crippen molar-refractivity contribution in [1.82, 2.24) is 10.5 Å². The Balaban J connectivity index is 2.09. The molecule has 0 aromatic carbocycles. The first-order valence-electron chi connectivity index (χ1n) is 5.80. The smallest absolute Gasteiger partial charge is 0.326 e. The number of aliphatic carboxylic acids is 1. The van der Waals surface area contributed by atoms with Gasteiger partial charge in [-0.2, -0.15) is 0 Å². The number of nitrogens with two attached hydrogens (primary N) is 1. The van der Waals surface area contributed by atoms with Gasteiger partial charge >= 0.3 is 5.97 Å². The molecule has 2 aromatic rings. The summed E-state index contributed by atoms with van der Waals surface area (Å²) in [5.74, 6) is -2.54. The van der Waals surface area contributed by atoms with Gasteiger partial charge in [-0.25, -0.2) is 4.79 Å². The molecule has 1 atom stereocenters. The minimum absolute atomic E-state index is 0.0749. The van der Waals surface area contributed by atoms with Gasteiger partial charge in [0.15, 0.2) is 11.5 Å². The Morgan fingerprint density at radius 1 is 1.48 bits per heavy atom. The summed E-state index contributed by atoms with van der Waals surface area (Å²) in [5, 5.41) is 16.5. The summed E-state index contributed by atoms with van der Waals surface area (Å²) in [7, 11) is 0. The van der Waals surface area contributed by atoms with Crippen molar-refractivity contribution in [2.75, 3.05) is 0 Å². The molecule has 0 bridgehead atoms. The SMILES string of the molecule is NC(=O)CC(NC(=O)c1cc(-c2cccs2)on1)C(=O)O. The fourth-order valence-corrected chi connectivity index (χ4v) is 2.22. The third-order valence-electron chi connectivity index (χ3n) is 2.52. The van der Waals surface area contributed by atoms with E-state index in [1.165, 1.54) is 17.4 Å². The highest BCUT2D eigenvalue weighted by Gasteiger charge is 2.24. The minimum atomic E-state index is -1.41. The molecule has 0 aliphatic heterocycles. The maximum Gasteiger partial charge on any atom is 0.326 e. The number of hydrogen-bond donors (Lipinski definition) is 3. The molecule has 0 radical (unpaired) electrons. The molecule has 1 unspecified atom stereocenters. The highest BCUT2D eigenvalue weighted by molar-refractivity contribution is 7.13. The average Bonchev–Trinajstić information content (AvgIpc) is 3.08. The number of hydrogen-bond acceptors (Lipinski definition) is 6. The molecule has 2 rings (SSSR count). The zero-order valence-corrected chi connectivity index (χ0v) is 11.4. The summed E-state index contributed by atoms with van der Waals surface area (Å²) in [5.41, 5.74) is 4.85. The number of rotatable bonds is 6. The summed E-state index contributed by atoms with van der Waals surface area (Å²) in [6.45, 7) is 0. The summed E-state index contributed by atoms with van der Waals surface area (Å²) in [6.07, 6.45) is -0.503. The van der Waals surface area contributed by atoms with Gasteiger partial charge in [-0.15, -0.1) is 11.3 Å². The van der Waals surface area contributed by atoms with Crippen LogP contribution in [0.5, 0.6) is 0 Å². The van der Waals surface area contributed by atoms with Crippen LogP contribution in [0.25, 0.3) is 10.6 Å². The minimum Gasteiger partial charge on any atom is -0.480 e. The van der Waals surface area contributed by atoms with Crippen LogP contribution >= 0.6 is 11.3 Å². The molecular weight excluding hydrogens is 298 g/mol. The number of thiophene rings is 1. The molecule has 110 valence electrons. The quantitative estimate of drug-likeness (QED) is 0.709. The molecular formula is C12H11N3O5S. The van der Waals surface area contributed by atoms with E-state index in [0.29, 0.717) is 5.76 Å². The first-order chi connectivity index (χ1) is 9.97. The van der Waals surface area contributed by atoms with Crippen molar-refractivity contribution < 1.29 is 24.0 Å². The van der Waals surface area contributed by atoms with Crippen LogP contribution < -0.4 is 11.1 Å². The van der Waals surface area contributed by atoms with Crippen LogP contribution in [0.4, 0.5) is 0 Å². The zero-order chi connectivity index (χ0) is 15.4. The molecule has 9 heteroatoms. The Bertz CT molecular complexity index is 664. The molecule has 0 saturated carbocycles. The van der Waals surface area contributed by atoms with E-state index < -0.39 is 30.2 Å². The van der Waals surface area contributed by atoms with E-state index in [1.807, 2.05) is 11.4 Å². The average molecular weight is 309 g/mol. The number of nitrogens with zero attached hydrogens (tertiary/aromatic N) is 1. The number of carbonyl (C=O) groups excluding carboxylic acids is 2. The molecule has 0 aliphatic rings. The summed E-state index contributed by atoms with van der Waals surface area (Å²) in [6, 6.07) is 3.59. The first kappa shape index (κ1) is 14.7. The van der Waals surface area contributed by atoms with Gasteiger partial charge < -0.3 is 20.7 Å². The van der Waals surface area contributed by atoms with E-state index in [9.17, 15) is 14.4 Å². The second kappa shape index (κ2) is 6.18. The fraction of sp³-hybridized carbons (Fsp3) is 0.167. The Kier molecular flexibility index (Phi) is 4.33. The van der Waals surface area contributed by atoms with E-state index >= 15 is 0 Å². The highest BCUT2D eigenvalue weighted by atomic mass is 32.1. The van der Waals surface area contributed by atoms with Crippen LogP contribution in [0, 0.1) is 0 Å². The maximum atomic E-state index is 11.9. The summed E-state index contributed by atoms with van der Waals surface area (Å²) < 4.78 is 5.01. The molecule has 0 aliphatic carbocycles. The van der Waals surface area contributed by atoms with Crippen molar-refractivity contribution in [1.29, 1.82) is 0 Å². The maximum absolute atomic E-state index is 11.9. The molecule has 0 fully saturated rings. The highest BCUT2D eigenvalue weighted by Crippen LogP contribution is 2.25. The van der Waals surface area contributed by atoms with E-state index in [0.717, 1.165) is 4.88 Å². The zero-order valence-electron chi connectivity index (χ0n) is 10.6. The lowest BCUT2D eigenvalue weighted by Crippen LogP contribution is -2.43. The molecule has 2 amide bonds. The normalized spacial score (nSPS) is 11.8. The van der Waals surface area contributed by atoms with Gasteiger partial charge in [0.25, 0.3) is 5.91 Å². The first-order valence-corrected chi connectivity index (χ1v) is 6.68. The molecule has 2 heterocycles. The van der Waals surface area contributed by atoms with Gasteiger partial charge in [-0.3, -0.25) is 9.59 Å². The third kappa shape index (κ3) is 3.66. The second-order valence-electron chi connectivity index (χ2n) is 4.09. The molecule has 21 heavy (non-hydrogen) atoms. The lowest BCUT2D eigenvalue weighted by atomic mass is 10.2. The standard InChI is InChI=1S/C12H11N3O5S/c13-10(16)5-7(12(18)19)14-11(17)6-4-8(20-15-6)9-2-1-3-21-9/h1-4,7H,5H2,(H2,13,16)(H,14,17)(H,18,19).